The SMILES string of the molecule is O=c1/c(=C/c2cn(-c3ccccc3)nc2-c2ccc(F)cc2)sc2nc(C3COc4ccccc4O3)nn12. The lowest BCUT2D eigenvalue weighted by Gasteiger charge is -2.24. The topological polar surface area (TPSA) is 83.5 Å². The summed E-state index contributed by atoms with van der Waals surface area (Å²) in [5.74, 6) is 1.33. The molecule has 8 nitrogen and oxygen atoms in total. The van der Waals surface area contributed by atoms with Gasteiger partial charge in [-0.3, -0.25) is 4.79 Å². The molecular weight excluding hydrogens is 505 g/mol. The summed E-state index contributed by atoms with van der Waals surface area (Å²) in [5.41, 5.74) is 2.64. The number of hydrogen-bond acceptors (Lipinski definition) is 7. The molecular formula is C28H18FN5O3S. The predicted molar refractivity (Wildman–Crippen MR) is 140 cm³/mol. The van der Waals surface area contributed by atoms with Gasteiger partial charge >= 0.3 is 0 Å². The lowest BCUT2D eigenvalue weighted by atomic mass is 10.1. The molecule has 186 valence electrons. The van der Waals surface area contributed by atoms with Gasteiger partial charge in [0, 0.05) is 17.3 Å². The van der Waals surface area contributed by atoms with Gasteiger partial charge < -0.3 is 9.47 Å². The minimum absolute atomic E-state index is 0.252. The maximum atomic E-state index is 13.6. The van der Waals surface area contributed by atoms with Crippen molar-refractivity contribution in [3.05, 3.63) is 117 Å². The molecule has 1 aliphatic heterocycles. The Kier molecular flexibility index (Phi) is 5.26. The Balaban J connectivity index is 1.29. The molecule has 4 heterocycles. The van der Waals surface area contributed by atoms with E-state index in [1.165, 1.54) is 28.0 Å². The highest BCUT2D eigenvalue weighted by Gasteiger charge is 2.27. The van der Waals surface area contributed by atoms with E-state index in [1.54, 1.807) is 22.9 Å². The number of hydrogen-bond donors (Lipinski definition) is 0. The number of rotatable bonds is 4. The summed E-state index contributed by atoms with van der Waals surface area (Å²) in [5, 5.41) is 9.17. The Hall–Kier alpha value is -4.83. The molecule has 6 aromatic rings. The van der Waals surface area contributed by atoms with Gasteiger partial charge in [0.25, 0.3) is 5.56 Å². The van der Waals surface area contributed by atoms with Crippen molar-refractivity contribution >= 4 is 22.4 Å². The van der Waals surface area contributed by atoms with Crippen LogP contribution >= 0.6 is 11.3 Å². The molecule has 1 unspecified atom stereocenters. The third kappa shape index (κ3) is 3.91. The number of thiazole rings is 1. The monoisotopic (exact) mass is 523 g/mol. The second-order valence-corrected chi connectivity index (χ2v) is 9.67. The maximum absolute atomic E-state index is 13.6. The van der Waals surface area contributed by atoms with Crippen LogP contribution in [0.2, 0.25) is 0 Å². The van der Waals surface area contributed by atoms with Crippen molar-refractivity contribution < 1.29 is 13.9 Å². The van der Waals surface area contributed by atoms with E-state index in [4.69, 9.17) is 14.6 Å². The normalized spacial score (nSPS) is 15.3. The Morgan fingerprint density at radius 3 is 2.50 bits per heavy atom. The summed E-state index contributed by atoms with van der Waals surface area (Å²) in [4.78, 5) is 18.3. The van der Waals surface area contributed by atoms with Gasteiger partial charge in [0.15, 0.2) is 23.4 Å². The fraction of sp³-hybridized carbons (Fsp3) is 0.0714. The number of ether oxygens (including phenoxy) is 2. The Morgan fingerprint density at radius 2 is 1.71 bits per heavy atom. The van der Waals surface area contributed by atoms with E-state index in [-0.39, 0.29) is 18.0 Å². The lowest BCUT2D eigenvalue weighted by molar-refractivity contribution is 0.0852. The number of nitrogens with zero attached hydrogens (tertiary/aromatic N) is 5. The summed E-state index contributed by atoms with van der Waals surface area (Å²) in [7, 11) is 0. The smallest absolute Gasteiger partial charge is 0.291 e. The molecule has 0 aliphatic carbocycles. The van der Waals surface area contributed by atoms with Gasteiger partial charge in [-0.2, -0.15) is 14.6 Å². The van der Waals surface area contributed by atoms with E-state index in [0.717, 1.165) is 11.3 Å². The Labute approximate surface area is 218 Å². The minimum Gasteiger partial charge on any atom is -0.485 e. The standard InChI is InChI=1S/C28H18FN5O3S/c29-19-12-10-17(11-13-19)25-18(15-33(31-25)20-6-2-1-3-7-20)14-24-27(35)34-28(38-24)30-26(32-34)23-16-36-21-8-4-5-9-22(21)37-23/h1-15,23H,16H2/b24-14-. The number of fused-ring (bicyclic) bond motifs is 2. The van der Waals surface area contributed by atoms with Gasteiger partial charge in [0.05, 0.1) is 10.2 Å². The molecule has 0 saturated heterocycles. The van der Waals surface area contributed by atoms with Crippen LogP contribution < -0.4 is 19.6 Å². The summed E-state index contributed by atoms with van der Waals surface area (Å²) in [6, 6.07) is 23.1. The van der Waals surface area contributed by atoms with Crippen molar-refractivity contribution in [2.45, 2.75) is 6.10 Å². The summed E-state index contributed by atoms with van der Waals surface area (Å²) in [6.07, 6.45) is 3.10. The van der Waals surface area contributed by atoms with E-state index in [2.05, 4.69) is 10.1 Å². The van der Waals surface area contributed by atoms with E-state index in [9.17, 15) is 9.18 Å². The van der Waals surface area contributed by atoms with Crippen LogP contribution in [-0.2, 0) is 0 Å². The summed E-state index contributed by atoms with van der Waals surface area (Å²) in [6.45, 7) is 0.252. The van der Waals surface area contributed by atoms with Gasteiger partial charge in [-0.25, -0.2) is 9.07 Å². The van der Waals surface area contributed by atoms with E-state index in [1.807, 2.05) is 60.8 Å². The van der Waals surface area contributed by atoms with Crippen LogP contribution in [0.3, 0.4) is 0 Å². The Bertz CT molecular complexity index is 1900. The molecule has 7 rings (SSSR count). The molecule has 1 atom stereocenters. The van der Waals surface area contributed by atoms with Gasteiger partial charge in [0.2, 0.25) is 4.96 Å². The second-order valence-electron chi connectivity index (χ2n) is 8.66. The molecule has 0 fully saturated rings. The van der Waals surface area contributed by atoms with Crippen LogP contribution in [0.5, 0.6) is 11.5 Å². The molecule has 0 amide bonds. The average Bonchev–Trinajstić information content (AvgIpc) is 3.64. The molecule has 38 heavy (non-hydrogen) atoms. The van der Waals surface area contributed by atoms with Crippen LogP contribution in [0.4, 0.5) is 4.39 Å². The summed E-state index contributed by atoms with van der Waals surface area (Å²) < 4.78 is 28.8. The highest BCUT2D eigenvalue weighted by molar-refractivity contribution is 7.15. The summed E-state index contributed by atoms with van der Waals surface area (Å²) >= 11 is 1.23. The van der Waals surface area contributed by atoms with Gasteiger partial charge in [-0.05, 0) is 54.6 Å². The third-order valence-electron chi connectivity index (χ3n) is 6.16. The molecule has 0 spiro atoms. The first-order chi connectivity index (χ1) is 18.6. The van der Waals surface area contributed by atoms with E-state index in [0.29, 0.717) is 38.1 Å². The molecule has 0 bridgehead atoms. The van der Waals surface area contributed by atoms with Crippen molar-refractivity contribution in [2.24, 2.45) is 0 Å². The highest BCUT2D eigenvalue weighted by Crippen LogP contribution is 2.35. The van der Waals surface area contributed by atoms with Crippen LogP contribution in [0, 0.1) is 5.82 Å². The molecule has 0 saturated carbocycles. The minimum atomic E-state index is -0.516. The fourth-order valence-electron chi connectivity index (χ4n) is 4.31. The number of para-hydroxylation sites is 3. The molecule has 10 heteroatoms. The average molecular weight is 524 g/mol. The van der Waals surface area contributed by atoms with Crippen LogP contribution in [0.25, 0.3) is 28.0 Å². The molecule has 0 N–H and O–H groups in total. The zero-order valence-corrected chi connectivity index (χ0v) is 20.5. The first-order valence-corrected chi connectivity index (χ1v) is 12.6. The van der Waals surface area contributed by atoms with Crippen LogP contribution in [0.15, 0.2) is 89.9 Å². The van der Waals surface area contributed by atoms with Crippen molar-refractivity contribution in [3.63, 3.8) is 0 Å². The highest BCUT2D eigenvalue weighted by atomic mass is 32.1. The van der Waals surface area contributed by atoms with Crippen LogP contribution in [0.1, 0.15) is 17.5 Å². The maximum Gasteiger partial charge on any atom is 0.291 e. The molecule has 3 aromatic heterocycles. The third-order valence-corrected chi connectivity index (χ3v) is 7.12. The van der Waals surface area contributed by atoms with E-state index < -0.39 is 6.10 Å². The Morgan fingerprint density at radius 1 is 0.947 bits per heavy atom. The zero-order chi connectivity index (χ0) is 25.6. The van der Waals surface area contributed by atoms with Crippen molar-refractivity contribution in [2.75, 3.05) is 6.61 Å². The quantitative estimate of drug-likeness (QED) is 0.344. The van der Waals surface area contributed by atoms with Crippen molar-refractivity contribution in [1.82, 2.24) is 24.4 Å². The fourth-order valence-corrected chi connectivity index (χ4v) is 5.22. The molecule has 1 aliphatic rings. The zero-order valence-electron chi connectivity index (χ0n) is 19.7. The first kappa shape index (κ1) is 22.4. The van der Waals surface area contributed by atoms with Gasteiger partial charge in [-0.1, -0.05) is 41.7 Å². The number of halogens is 1. The largest absolute Gasteiger partial charge is 0.485 e. The van der Waals surface area contributed by atoms with Crippen LogP contribution in [-0.4, -0.2) is 31.0 Å². The number of aromatic nitrogens is 5. The van der Waals surface area contributed by atoms with Crippen molar-refractivity contribution in [1.29, 1.82) is 0 Å². The predicted octanol–water partition coefficient (Wildman–Crippen LogP) is 4.20. The lowest BCUT2D eigenvalue weighted by Crippen LogP contribution is -2.26. The van der Waals surface area contributed by atoms with Crippen molar-refractivity contribution in [3.8, 4) is 28.4 Å². The molecule has 0 radical (unpaired) electrons. The first-order valence-electron chi connectivity index (χ1n) is 11.8. The second kappa shape index (κ2) is 8.93. The van der Waals surface area contributed by atoms with E-state index >= 15 is 0 Å². The number of benzene rings is 3. The van der Waals surface area contributed by atoms with Gasteiger partial charge in [0.1, 0.15) is 18.1 Å². The van der Waals surface area contributed by atoms with Gasteiger partial charge in [-0.15, -0.1) is 5.10 Å². The molecule has 3 aromatic carbocycles.